The van der Waals surface area contributed by atoms with E-state index in [1.807, 2.05) is 37.3 Å². The number of nitrogens with one attached hydrogen (secondary N) is 2. The van der Waals surface area contributed by atoms with Crippen molar-refractivity contribution < 1.29 is 17.9 Å². The van der Waals surface area contributed by atoms with Crippen LogP contribution in [0, 0.1) is 0 Å². The van der Waals surface area contributed by atoms with Crippen molar-refractivity contribution in [1.29, 1.82) is 0 Å². The molecule has 1 unspecified atom stereocenters. The van der Waals surface area contributed by atoms with E-state index in [-0.39, 0.29) is 11.3 Å². The van der Waals surface area contributed by atoms with Crippen molar-refractivity contribution in [3.63, 3.8) is 0 Å². The van der Waals surface area contributed by atoms with Crippen LogP contribution >= 0.6 is 11.6 Å². The molecule has 1 atom stereocenters. The SMILES string of the molecule is CCOc1ccc(NC(=O)C(Cc2ccccc2)NS(=O)(=O)c2ccc(Cl)cc2)cc1. The maximum atomic E-state index is 13.0. The van der Waals surface area contributed by atoms with Crippen molar-refractivity contribution in [3.8, 4) is 5.75 Å². The first-order valence-electron chi connectivity index (χ1n) is 9.73. The summed E-state index contributed by atoms with van der Waals surface area (Å²) in [6.45, 7) is 2.42. The lowest BCUT2D eigenvalue weighted by Crippen LogP contribution is -2.45. The molecule has 6 nitrogen and oxygen atoms in total. The highest BCUT2D eigenvalue weighted by Crippen LogP contribution is 2.18. The lowest BCUT2D eigenvalue weighted by molar-refractivity contribution is -0.117. The van der Waals surface area contributed by atoms with Crippen molar-refractivity contribution in [2.24, 2.45) is 0 Å². The van der Waals surface area contributed by atoms with E-state index in [1.165, 1.54) is 24.3 Å². The number of amides is 1. The highest BCUT2D eigenvalue weighted by molar-refractivity contribution is 7.89. The number of hydrogen-bond acceptors (Lipinski definition) is 4. The molecule has 0 saturated carbocycles. The molecule has 31 heavy (non-hydrogen) atoms. The van der Waals surface area contributed by atoms with Crippen LogP contribution in [0.25, 0.3) is 0 Å². The number of ether oxygens (including phenoxy) is 1. The minimum atomic E-state index is -3.94. The van der Waals surface area contributed by atoms with Crippen LogP contribution in [0.15, 0.2) is 83.8 Å². The number of carbonyl (C=O) groups excluding carboxylic acids is 1. The number of rotatable bonds is 9. The topological polar surface area (TPSA) is 84.5 Å². The number of sulfonamides is 1. The molecule has 0 aliphatic heterocycles. The van der Waals surface area contributed by atoms with Gasteiger partial charge in [-0.15, -0.1) is 0 Å². The Balaban J connectivity index is 1.81. The van der Waals surface area contributed by atoms with Gasteiger partial charge < -0.3 is 10.1 Å². The van der Waals surface area contributed by atoms with E-state index < -0.39 is 22.0 Å². The van der Waals surface area contributed by atoms with Crippen LogP contribution in [-0.4, -0.2) is 27.0 Å². The summed E-state index contributed by atoms with van der Waals surface area (Å²) >= 11 is 5.86. The van der Waals surface area contributed by atoms with Gasteiger partial charge in [-0.3, -0.25) is 4.79 Å². The molecule has 0 aliphatic carbocycles. The third-order valence-corrected chi connectivity index (χ3v) is 6.19. The fourth-order valence-corrected chi connectivity index (χ4v) is 4.26. The quantitative estimate of drug-likeness (QED) is 0.501. The van der Waals surface area contributed by atoms with Gasteiger partial charge in [0.2, 0.25) is 15.9 Å². The second kappa shape index (κ2) is 10.4. The number of hydrogen-bond donors (Lipinski definition) is 2. The second-order valence-corrected chi connectivity index (χ2v) is 8.91. The number of anilines is 1. The van der Waals surface area contributed by atoms with E-state index in [0.29, 0.717) is 23.1 Å². The third-order valence-electron chi connectivity index (χ3n) is 4.45. The van der Waals surface area contributed by atoms with Gasteiger partial charge in [-0.05, 0) is 67.4 Å². The van der Waals surface area contributed by atoms with Gasteiger partial charge in [0.05, 0.1) is 11.5 Å². The predicted molar refractivity (Wildman–Crippen MR) is 122 cm³/mol. The van der Waals surface area contributed by atoms with Gasteiger partial charge in [0.1, 0.15) is 11.8 Å². The smallest absolute Gasteiger partial charge is 0.242 e. The molecule has 3 rings (SSSR count). The zero-order valence-corrected chi connectivity index (χ0v) is 18.5. The average Bonchev–Trinajstić information content (AvgIpc) is 2.76. The van der Waals surface area contributed by atoms with Crippen molar-refractivity contribution in [3.05, 3.63) is 89.4 Å². The normalized spacial score (nSPS) is 12.2. The monoisotopic (exact) mass is 458 g/mol. The van der Waals surface area contributed by atoms with E-state index in [1.54, 1.807) is 24.3 Å². The predicted octanol–water partition coefficient (Wildman–Crippen LogP) is 4.27. The summed E-state index contributed by atoms with van der Waals surface area (Å²) in [7, 11) is -3.94. The summed E-state index contributed by atoms with van der Waals surface area (Å²) in [4.78, 5) is 13.0. The Morgan fingerprint density at radius 3 is 2.23 bits per heavy atom. The molecule has 2 N–H and O–H groups in total. The first-order valence-corrected chi connectivity index (χ1v) is 11.6. The van der Waals surface area contributed by atoms with Crippen LogP contribution in [0.1, 0.15) is 12.5 Å². The zero-order valence-electron chi connectivity index (χ0n) is 16.9. The molecule has 3 aromatic rings. The molecule has 0 radical (unpaired) electrons. The average molecular weight is 459 g/mol. The van der Waals surface area contributed by atoms with Crippen LogP contribution in [0.2, 0.25) is 5.02 Å². The van der Waals surface area contributed by atoms with Crippen molar-refractivity contribution in [2.45, 2.75) is 24.3 Å². The van der Waals surface area contributed by atoms with Gasteiger partial charge in [0.15, 0.2) is 0 Å². The summed E-state index contributed by atoms with van der Waals surface area (Å²) in [6.07, 6.45) is 0.191. The highest BCUT2D eigenvalue weighted by atomic mass is 35.5. The first-order chi connectivity index (χ1) is 14.9. The van der Waals surface area contributed by atoms with Crippen LogP contribution in [0.4, 0.5) is 5.69 Å². The fourth-order valence-electron chi connectivity index (χ4n) is 2.94. The van der Waals surface area contributed by atoms with Crippen LogP contribution in [0.5, 0.6) is 5.75 Å². The van der Waals surface area contributed by atoms with E-state index in [2.05, 4.69) is 10.0 Å². The molecular weight excluding hydrogens is 436 g/mol. The van der Waals surface area contributed by atoms with Crippen molar-refractivity contribution >= 4 is 33.2 Å². The summed E-state index contributed by atoms with van der Waals surface area (Å²) < 4.78 is 33.7. The molecular formula is C23H23ClN2O4S. The molecule has 0 saturated heterocycles. The molecule has 0 bridgehead atoms. The van der Waals surface area contributed by atoms with Gasteiger partial charge in [-0.2, -0.15) is 4.72 Å². The third kappa shape index (κ3) is 6.55. The van der Waals surface area contributed by atoms with E-state index in [9.17, 15) is 13.2 Å². The maximum Gasteiger partial charge on any atom is 0.242 e. The van der Waals surface area contributed by atoms with E-state index >= 15 is 0 Å². The standard InChI is InChI=1S/C23H23ClN2O4S/c1-2-30-20-12-10-19(11-13-20)25-23(27)22(16-17-6-4-3-5-7-17)26-31(28,29)21-14-8-18(24)9-15-21/h3-15,22,26H,2,16H2,1H3,(H,25,27). The Kier molecular flexibility index (Phi) is 7.68. The van der Waals surface area contributed by atoms with Crippen molar-refractivity contribution in [1.82, 2.24) is 4.72 Å². The zero-order chi connectivity index (χ0) is 22.3. The molecule has 0 aliphatic rings. The minimum absolute atomic E-state index is 0.0313. The second-order valence-electron chi connectivity index (χ2n) is 6.76. The largest absolute Gasteiger partial charge is 0.494 e. The minimum Gasteiger partial charge on any atom is -0.494 e. The Morgan fingerprint density at radius 1 is 0.968 bits per heavy atom. The fraction of sp³-hybridized carbons (Fsp3) is 0.174. The van der Waals surface area contributed by atoms with Gasteiger partial charge in [-0.25, -0.2) is 8.42 Å². The molecule has 0 fully saturated rings. The highest BCUT2D eigenvalue weighted by Gasteiger charge is 2.26. The van der Waals surface area contributed by atoms with Crippen LogP contribution in [-0.2, 0) is 21.2 Å². The van der Waals surface area contributed by atoms with Gasteiger partial charge >= 0.3 is 0 Å². The maximum absolute atomic E-state index is 13.0. The first kappa shape index (κ1) is 22.8. The lowest BCUT2D eigenvalue weighted by atomic mass is 10.1. The van der Waals surface area contributed by atoms with E-state index in [4.69, 9.17) is 16.3 Å². The Morgan fingerprint density at radius 2 is 1.61 bits per heavy atom. The summed E-state index contributed by atoms with van der Waals surface area (Å²) in [5.74, 6) is 0.218. The molecule has 0 spiro atoms. The molecule has 8 heteroatoms. The van der Waals surface area contributed by atoms with E-state index in [0.717, 1.165) is 5.56 Å². The van der Waals surface area contributed by atoms with Crippen LogP contribution < -0.4 is 14.8 Å². The summed E-state index contributed by atoms with van der Waals surface area (Å²) in [5.41, 5.74) is 1.37. The van der Waals surface area contributed by atoms with Crippen LogP contribution in [0.3, 0.4) is 0 Å². The Hall–Kier alpha value is -2.87. The van der Waals surface area contributed by atoms with Gasteiger partial charge in [0, 0.05) is 10.7 Å². The molecule has 3 aromatic carbocycles. The molecule has 0 aromatic heterocycles. The van der Waals surface area contributed by atoms with Crippen molar-refractivity contribution in [2.75, 3.05) is 11.9 Å². The van der Waals surface area contributed by atoms with Gasteiger partial charge in [-0.1, -0.05) is 41.9 Å². The number of benzene rings is 3. The Labute approximate surface area is 187 Å². The molecule has 1 amide bonds. The molecule has 0 heterocycles. The number of halogens is 1. The summed E-state index contributed by atoms with van der Waals surface area (Å²) in [5, 5.41) is 3.20. The lowest BCUT2D eigenvalue weighted by Gasteiger charge is -2.19. The Bertz CT molecular complexity index is 1100. The molecule has 162 valence electrons. The number of carbonyl (C=O) groups is 1. The summed E-state index contributed by atoms with van der Waals surface area (Å²) in [6, 6.07) is 20.9. The van der Waals surface area contributed by atoms with Gasteiger partial charge in [0.25, 0.3) is 0 Å².